The average molecular weight is 643 g/mol. The standard InChI is InChI=1S/C34H29Cl2N5O4/c1-21-14-15-22-10-6-13-29(32(22)38-21)45-20-26-27(35)16-17-28(31(26)36)41(2)30(42)19-37-34(44)40-25-12-7-11-24(18-25)39-33(43)23-8-4-3-5-9-23/h3-18H,19-20H2,1-2H3,(H,39,43)(H2,37,40,44). The fourth-order valence-electron chi connectivity index (χ4n) is 4.51. The van der Waals surface area contributed by atoms with Crippen LogP contribution in [0.4, 0.5) is 21.9 Å². The summed E-state index contributed by atoms with van der Waals surface area (Å²) in [6.45, 7) is 1.65. The molecule has 0 spiro atoms. The van der Waals surface area contributed by atoms with E-state index in [1.165, 1.54) is 4.90 Å². The number of nitrogens with one attached hydrogen (secondary N) is 3. The molecule has 228 valence electrons. The minimum atomic E-state index is -0.599. The Kier molecular flexibility index (Phi) is 9.82. The monoisotopic (exact) mass is 641 g/mol. The molecule has 11 heteroatoms. The van der Waals surface area contributed by atoms with E-state index in [1.807, 2.05) is 43.3 Å². The second kappa shape index (κ2) is 14.1. The lowest BCUT2D eigenvalue weighted by molar-refractivity contribution is -0.117. The van der Waals surface area contributed by atoms with Gasteiger partial charge in [0.15, 0.2) is 0 Å². The van der Waals surface area contributed by atoms with Gasteiger partial charge in [-0.1, -0.05) is 65.7 Å². The molecule has 0 aliphatic rings. The third-order valence-electron chi connectivity index (χ3n) is 6.91. The molecule has 1 heterocycles. The van der Waals surface area contributed by atoms with E-state index in [4.69, 9.17) is 27.9 Å². The highest BCUT2D eigenvalue weighted by Crippen LogP contribution is 2.35. The highest BCUT2D eigenvalue weighted by atomic mass is 35.5. The summed E-state index contributed by atoms with van der Waals surface area (Å²) in [6.07, 6.45) is 0. The molecule has 0 saturated carbocycles. The van der Waals surface area contributed by atoms with Crippen LogP contribution in [0, 0.1) is 6.92 Å². The van der Waals surface area contributed by atoms with Gasteiger partial charge in [0.1, 0.15) is 17.9 Å². The number of anilines is 3. The van der Waals surface area contributed by atoms with E-state index in [1.54, 1.807) is 67.7 Å². The number of urea groups is 1. The first-order valence-electron chi connectivity index (χ1n) is 13.9. The van der Waals surface area contributed by atoms with Crippen LogP contribution in [0.5, 0.6) is 5.75 Å². The SMILES string of the molecule is Cc1ccc2cccc(OCc3c(Cl)ccc(N(C)C(=O)CNC(=O)Nc4cccc(NC(=O)c5ccccc5)c4)c3Cl)c2n1. The zero-order valence-corrected chi connectivity index (χ0v) is 25.9. The van der Waals surface area contributed by atoms with Crippen LogP contribution in [0.3, 0.4) is 0 Å². The van der Waals surface area contributed by atoms with Gasteiger partial charge in [0.05, 0.1) is 17.3 Å². The summed E-state index contributed by atoms with van der Waals surface area (Å²) in [6, 6.07) is 27.7. The third-order valence-corrected chi connectivity index (χ3v) is 7.69. The predicted molar refractivity (Wildman–Crippen MR) is 179 cm³/mol. The molecule has 45 heavy (non-hydrogen) atoms. The molecule has 0 aliphatic carbocycles. The summed E-state index contributed by atoms with van der Waals surface area (Å²) >= 11 is 13.2. The normalized spacial score (nSPS) is 10.7. The van der Waals surface area contributed by atoms with Gasteiger partial charge in [-0.15, -0.1) is 0 Å². The first-order chi connectivity index (χ1) is 21.7. The van der Waals surface area contributed by atoms with Crippen molar-refractivity contribution in [2.45, 2.75) is 13.5 Å². The Balaban J connectivity index is 1.19. The molecule has 0 bridgehead atoms. The number of likely N-dealkylation sites (N-methyl/N-ethyl adjacent to an activating group) is 1. The molecule has 0 radical (unpaired) electrons. The van der Waals surface area contributed by atoms with Gasteiger partial charge in [-0.05, 0) is 61.5 Å². The van der Waals surface area contributed by atoms with Crippen LogP contribution in [0.25, 0.3) is 10.9 Å². The maximum Gasteiger partial charge on any atom is 0.319 e. The molecule has 0 fully saturated rings. The Labute approximate surface area is 270 Å². The predicted octanol–water partition coefficient (Wildman–Crippen LogP) is 7.47. The lowest BCUT2D eigenvalue weighted by atomic mass is 10.1. The number of ether oxygens (including phenoxy) is 1. The van der Waals surface area contributed by atoms with Crippen molar-refractivity contribution in [1.29, 1.82) is 0 Å². The molecule has 0 aliphatic heterocycles. The van der Waals surface area contributed by atoms with Crippen LogP contribution in [-0.4, -0.2) is 36.4 Å². The van der Waals surface area contributed by atoms with Gasteiger partial charge in [-0.2, -0.15) is 0 Å². The molecule has 4 amide bonds. The van der Waals surface area contributed by atoms with E-state index in [0.717, 1.165) is 16.6 Å². The Morgan fingerprint density at radius 2 is 1.58 bits per heavy atom. The number of aryl methyl sites for hydroxylation is 1. The summed E-state index contributed by atoms with van der Waals surface area (Å²) < 4.78 is 6.08. The minimum Gasteiger partial charge on any atom is -0.487 e. The van der Waals surface area contributed by atoms with Crippen molar-refractivity contribution in [3.05, 3.63) is 124 Å². The van der Waals surface area contributed by atoms with Gasteiger partial charge >= 0.3 is 6.03 Å². The lowest BCUT2D eigenvalue weighted by Crippen LogP contribution is -2.40. The Hall–Kier alpha value is -5.12. The molecule has 4 aromatic carbocycles. The maximum atomic E-state index is 13.0. The van der Waals surface area contributed by atoms with E-state index in [-0.39, 0.29) is 24.1 Å². The fourth-order valence-corrected chi connectivity index (χ4v) is 5.12. The quantitative estimate of drug-likeness (QED) is 0.155. The van der Waals surface area contributed by atoms with Crippen molar-refractivity contribution in [3.63, 3.8) is 0 Å². The van der Waals surface area contributed by atoms with Gasteiger partial charge in [0, 0.05) is 45.7 Å². The van der Waals surface area contributed by atoms with E-state index in [0.29, 0.717) is 39.0 Å². The first-order valence-corrected chi connectivity index (χ1v) is 14.7. The molecular weight excluding hydrogens is 613 g/mol. The Morgan fingerprint density at radius 1 is 0.844 bits per heavy atom. The van der Waals surface area contributed by atoms with Crippen LogP contribution < -0.4 is 25.6 Å². The van der Waals surface area contributed by atoms with Crippen molar-refractivity contribution in [1.82, 2.24) is 10.3 Å². The van der Waals surface area contributed by atoms with Gasteiger partial charge in [-0.25, -0.2) is 9.78 Å². The van der Waals surface area contributed by atoms with Crippen LogP contribution in [0.2, 0.25) is 10.0 Å². The van der Waals surface area contributed by atoms with E-state index in [9.17, 15) is 14.4 Å². The number of carbonyl (C=O) groups excluding carboxylic acids is 3. The molecule has 0 saturated heterocycles. The molecule has 5 rings (SSSR count). The number of hydrogen-bond acceptors (Lipinski definition) is 5. The summed E-state index contributed by atoms with van der Waals surface area (Å²) in [7, 11) is 1.55. The van der Waals surface area contributed by atoms with Crippen LogP contribution in [0.15, 0.2) is 97.1 Å². The maximum absolute atomic E-state index is 13.0. The van der Waals surface area contributed by atoms with Crippen LogP contribution in [-0.2, 0) is 11.4 Å². The molecular formula is C34H29Cl2N5O4. The number of halogens is 2. The zero-order valence-electron chi connectivity index (χ0n) is 24.4. The molecule has 5 aromatic rings. The molecule has 1 aromatic heterocycles. The molecule has 0 atom stereocenters. The first kappa shape index (κ1) is 31.3. The van der Waals surface area contributed by atoms with E-state index >= 15 is 0 Å². The highest BCUT2D eigenvalue weighted by molar-refractivity contribution is 6.38. The largest absolute Gasteiger partial charge is 0.487 e. The number of carbonyl (C=O) groups is 3. The molecule has 9 nitrogen and oxygen atoms in total. The number of hydrogen-bond donors (Lipinski definition) is 3. The van der Waals surface area contributed by atoms with Gasteiger partial charge in [0.25, 0.3) is 5.91 Å². The van der Waals surface area contributed by atoms with Crippen LogP contribution >= 0.6 is 23.2 Å². The summed E-state index contributed by atoms with van der Waals surface area (Å²) in [4.78, 5) is 44.0. The van der Waals surface area contributed by atoms with Gasteiger partial charge < -0.3 is 25.6 Å². The number of fused-ring (bicyclic) bond motifs is 1. The number of nitrogens with zero attached hydrogens (tertiary/aromatic N) is 2. The second-order valence-corrected chi connectivity index (χ2v) is 10.9. The summed E-state index contributed by atoms with van der Waals surface area (Å²) in [5.41, 5.74) is 3.93. The number of rotatable bonds is 9. The number of benzene rings is 4. The smallest absolute Gasteiger partial charge is 0.319 e. The fraction of sp³-hybridized carbons (Fsp3) is 0.118. The number of para-hydroxylation sites is 1. The second-order valence-electron chi connectivity index (χ2n) is 10.1. The number of aromatic nitrogens is 1. The van der Waals surface area contributed by atoms with Crippen molar-refractivity contribution in [2.24, 2.45) is 0 Å². The van der Waals surface area contributed by atoms with E-state index < -0.39 is 11.9 Å². The van der Waals surface area contributed by atoms with Crippen molar-refractivity contribution < 1.29 is 19.1 Å². The van der Waals surface area contributed by atoms with Gasteiger partial charge in [-0.3, -0.25) is 9.59 Å². The molecule has 3 N–H and O–H groups in total. The zero-order chi connectivity index (χ0) is 31.9. The van der Waals surface area contributed by atoms with Crippen molar-refractivity contribution in [2.75, 3.05) is 29.1 Å². The Morgan fingerprint density at radius 3 is 2.36 bits per heavy atom. The average Bonchev–Trinajstić information content (AvgIpc) is 3.04. The number of pyridine rings is 1. The van der Waals surface area contributed by atoms with Crippen molar-refractivity contribution in [3.8, 4) is 5.75 Å². The Bertz CT molecular complexity index is 1880. The summed E-state index contributed by atoms with van der Waals surface area (Å²) in [5.74, 6) is -0.113. The highest BCUT2D eigenvalue weighted by Gasteiger charge is 2.20. The number of amides is 4. The summed E-state index contributed by atoms with van der Waals surface area (Å²) in [5, 5.41) is 9.58. The third kappa shape index (κ3) is 7.70. The minimum absolute atomic E-state index is 0.0494. The van der Waals surface area contributed by atoms with Crippen LogP contribution in [0.1, 0.15) is 21.6 Å². The van der Waals surface area contributed by atoms with Crippen molar-refractivity contribution >= 4 is 69.0 Å². The topological polar surface area (TPSA) is 113 Å². The lowest BCUT2D eigenvalue weighted by Gasteiger charge is -2.21. The molecule has 0 unspecified atom stereocenters. The van der Waals surface area contributed by atoms with Gasteiger partial charge in [0.2, 0.25) is 5.91 Å². The van der Waals surface area contributed by atoms with E-state index in [2.05, 4.69) is 20.9 Å².